The maximum Gasteiger partial charge on any atom is 0.339 e. The van der Waals surface area contributed by atoms with Crippen LogP contribution in [-0.2, 0) is 4.79 Å². The summed E-state index contributed by atoms with van der Waals surface area (Å²) < 4.78 is 0. The molecular weight excluding hydrogens is 380 g/mol. The SMILES string of the molecule is CCCCC(=O)Nc1cnc(N2CCN(c3cccc(C)c3)C(C)C2)c(C(=O)O)c1. The van der Waals surface area contributed by atoms with Crippen molar-refractivity contribution in [1.29, 1.82) is 0 Å². The van der Waals surface area contributed by atoms with Crippen LogP contribution in [0.4, 0.5) is 17.2 Å². The number of aromatic carboxylic acids is 1. The first-order valence-corrected chi connectivity index (χ1v) is 10.5. The van der Waals surface area contributed by atoms with Gasteiger partial charge in [0, 0.05) is 37.8 Å². The Bertz CT molecular complexity index is 915. The summed E-state index contributed by atoms with van der Waals surface area (Å²) >= 11 is 0. The fourth-order valence-corrected chi connectivity index (χ4v) is 3.84. The maximum absolute atomic E-state index is 12.0. The van der Waals surface area contributed by atoms with E-state index in [1.807, 2.05) is 11.8 Å². The number of carboxylic acid groups (broad SMARTS) is 1. The molecule has 7 heteroatoms. The number of carbonyl (C=O) groups is 2. The molecule has 1 aromatic carbocycles. The van der Waals surface area contributed by atoms with Crippen LogP contribution in [0.15, 0.2) is 36.5 Å². The highest BCUT2D eigenvalue weighted by Gasteiger charge is 2.27. The van der Waals surface area contributed by atoms with E-state index in [9.17, 15) is 14.7 Å². The Labute approximate surface area is 177 Å². The van der Waals surface area contributed by atoms with Crippen LogP contribution in [0.5, 0.6) is 0 Å². The number of unbranched alkanes of at least 4 members (excludes halogenated alkanes) is 1. The van der Waals surface area contributed by atoms with Gasteiger partial charge in [0.25, 0.3) is 0 Å². The third-order valence-corrected chi connectivity index (χ3v) is 5.40. The highest BCUT2D eigenvalue weighted by Crippen LogP contribution is 2.27. The largest absolute Gasteiger partial charge is 0.478 e. The smallest absolute Gasteiger partial charge is 0.339 e. The predicted molar refractivity (Wildman–Crippen MR) is 120 cm³/mol. The molecule has 0 spiro atoms. The number of benzene rings is 1. The summed E-state index contributed by atoms with van der Waals surface area (Å²) in [5.41, 5.74) is 2.93. The molecule has 160 valence electrons. The standard InChI is InChI=1S/C23H30N4O3/c1-4-5-9-21(28)25-18-13-20(23(29)30)22(24-14-18)26-10-11-27(17(3)15-26)19-8-6-7-16(2)12-19/h6-8,12-14,17H,4-5,9-11,15H2,1-3H3,(H,25,28)(H,29,30). The van der Waals surface area contributed by atoms with E-state index in [4.69, 9.17) is 0 Å². The summed E-state index contributed by atoms with van der Waals surface area (Å²) in [6.07, 6.45) is 3.69. The van der Waals surface area contributed by atoms with E-state index in [0.717, 1.165) is 19.4 Å². The maximum atomic E-state index is 12.0. The van der Waals surface area contributed by atoms with Crippen molar-refractivity contribution in [2.24, 2.45) is 0 Å². The normalized spacial score (nSPS) is 16.4. The monoisotopic (exact) mass is 410 g/mol. The van der Waals surface area contributed by atoms with Crippen LogP contribution in [0.2, 0.25) is 0 Å². The van der Waals surface area contributed by atoms with Crippen molar-refractivity contribution in [3.8, 4) is 0 Å². The number of hydrogen-bond donors (Lipinski definition) is 2. The Morgan fingerprint density at radius 2 is 2.07 bits per heavy atom. The first kappa shape index (κ1) is 21.6. The van der Waals surface area contributed by atoms with Crippen LogP contribution in [0.3, 0.4) is 0 Å². The minimum atomic E-state index is -1.05. The number of rotatable bonds is 7. The molecule has 2 aromatic rings. The topological polar surface area (TPSA) is 85.8 Å². The molecule has 0 aliphatic carbocycles. The van der Waals surface area contributed by atoms with E-state index in [1.165, 1.54) is 17.3 Å². The number of aromatic nitrogens is 1. The van der Waals surface area contributed by atoms with Gasteiger partial charge >= 0.3 is 5.97 Å². The molecule has 7 nitrogen and oxygen atoms in total. The molecule has 1 fully saturated rings. The quantitative estimate of drug-likeness (QED) is 0.719. The molecule has 0 radical (unpaired) electrons. The number of nitrogens with zero attached hydrogens (tertiary/aromatic N) is 3. The average molecular weight is 411 g/mol. The van der Waals surface area contributed by atoms with Crippen LogP contribution >= 0.6 is 0 Å². The van der Waals surface area contributed by atoms with E-state index >= 15 is 0 Å². The number of hydrogen-bond acceptors (Lipinski definition) is 5. The van der Waals surface area contributed by atoms with Crippen molar-refractivity contribution in [2.75, 3.05) is 34.8 Å². The number of carboxylic acids is 1. The molecule has 0 saturated carbocycles. The average Bonchev–Trinajstić information content (AvgIpc) is 2.72. The molecule has 2 heterocycles. The summed E-state index contributed by atoms with van der Waals surface area (Å²) in [4.78, 5) is 32.6. The van der Waals surface area contributed by atoms with Crippen LogP contribution < -0.4 is 15.1 Å². The molecule has 30 heavy (non-hydrogen) atoms. The van der Waals surface area contributed by atoms with Crippen molar-refractivity contribution < 1.29 is 14.7 Å². The molecule has 1 aromatic heterocycles. The molecule has 1 amide bonds. The van der Waals surface area contributed by atoms with Gasteiger partial charge in [0.05, 0.1) is 11.9 Å². The Kier molecular flexibility index (Phi) is 6.92. The van der Waals surface area contributed by atoms with Gasteiger partial charge < -0.3 is 20.2 Å². The van der Waals surface area contributed by atoms with Crippen LogP contribution in [0.25, 0.3) is 0 Å². The second-order valence-corrected chi connectivity index (χ2v) is 7.88. The first-order valence-electron chi connectivity index (χ1n) is 10.5. The fourth-order valence-electron chi connectivity index (χ4n) is 3.84. The number of amides is 1. The number of anilines is 3. The zero-order valence-electron chi connectivity index (χ0n) is 17.9. The Balaban J connectivity index is 1.75. The lowest BCUT2D eigenvalue weighted by atomic mass is 10.1. The Morgan fingerprint density at radius 3 is 2.73 bits per heavy atom. The number of carbonyl (C=O) groups excluding carboxylic acids is 1. The van der Waals surface area contributed by atoms with E-state index in [2.05, 4.69) is 53.3 Å². The zero-order valence-corrected chi connectivity index (χ0v) is 17.9. The van der Waals surface area contributed by atoms with Gasteiger partial charge in [-0.25, -0.2) is 9.78 Å². The lowest BCUT2D eigenvalue weighted by molar-refractivity contribution is -0.116. The Morgan fingerprint density at radius 1 is 1.27 bits per heavy atom. The number of pyridine rings is 1. The second-order valence-electron chi connectivity index (χ2n) is 7.88. The minimum absolute atomic E-state index is 0.111. The van der Waals surface area contributed by atoms with Gasteiger partial charge in [0.2, 0.25) is 5.91 Å². The van der Waals surface area contributed by atoms with Crippen molar-refractivity contribution in [3.63, 3.8) is 0 Å². The van der Waals surface area contributed by atoms with E-state index < -0.39 is 5.97 Å². The van der Waals surface area contributed by atoms with Gasteiger partial charge in [0.1, 0.15) is 11.4 Å². The van der Waals surface area contributed by atoms with E-state index in [0.29, 0.717) is 31.0 Å². The highest BCUT2D eigenvalue weighted by molar-refractivity contribution is 5.97. The van der Waals surface area contributed by atoms with E-state index in [1.54, 1.807) is 6.20 Å². The van der Waals surface area contributed by atoms with Crippen molar-refractivity contribution in [3.05, 3.63) is 47.7 Å². The fraction of sp³-hybridized carbons (Fsp3) is 0.435. The molecule has 1 aliphatic rings. The van der Waals surface area contributed by atoms with Crippen LogP contribution in [0.1, 0.15) is 49.0 Å². The summed E-state index contributed by atoms with van der Waals surface area (Å²) in [5, 5.41) is 12.5. The van der Waals surface area contributed by atoms with Gasteiger partial charge in [-0.1, -0.05) is 25.5 Å². The number of piperazine rings is 1. The zero-order chi connectivity index (χ0) is 21.7. The molecule has 2 N–H and O–H groups in total. The third kappa shape index (κ3) is 5.09. The van der Waals surface area contributed by atoms with Crippen LogP contribution in [0, 0.1) is 6.92 Å². The molecule has 0 bridgehead atoms. The first-order chi connectivity index (χ1) is 14.4. The van der Waals surface area contributed by atoms with Crippen molar-refractivity contribution >= 4 is 29.1 Å². The van der Waals surface area contributed by atoms with Crippen LogP contribution in [-0.4, -0.2) is 47.6 Å². The Hall–Kier alpha value is -3.09. The molecule has 1 atom stereocenters. The van der Waals surface area contributed by atoms with Gasteiger partial charge in [-0.15, -0.1) is 0 Å². The minimum Gasteiger partial charge on any atom is -0.478 e. The van der Waals surface area contributed by atoms with Gasteiger partial charge in [0.15, 0.2) is 0 Å². The third-order valence-electron chi connectivity index (χ3n) is 5.40. The number of aryl methyl sites for hydroxylation is 1. The molecule has 1 saturated heterocycles. The lowest BCUT2D eigenvalue weighted by Gasteiger charge is -2.42. The molecular formula is C23H30N4O3. The van der Waals surface area contributed by atoms with E-state index in [-0.39, 0.29) is 17.5 Å². The van der Waals surface area contributed by atoms with Gasteiger partial charge in [-0.3, -0.25) is 4.79 Å². The number of nitrogens with one attached hydrogen (secondary N) is 1. The summed E-state index contributed by atoms with van der Waals surface area (Å²) in [6, 6.07) is 10.1. The van der Waals surface area contributed by atoms with Gasteiger partial charge in [-0.05, 0) is 44.0 Å². The second kappa shape index (κ2) is 9.61. The molecule has 1 unspecified atom stereocenters. The summed E-state index contributed by atoms with van der Waals surface area (Å²) in [7, 11) is 0. The summed E-state index contributed by atoms with van der Waals surface area (Å²) in [6.45, 7) is 8.36. The lowest BCUT2D eigenvalue weighted by Crippen LogP contribution is -2.52. The highest BCUT2D eigenvalue weighted by atomic mass is 16.4. The molecule has 3 rings (SSSR count). The van der Waals surface area contributed by atoms with Gasteiger partial charge in [-0.2, -0.15) is 0 Å². The predicted octanol–water partition coefficient (Wildman–Crippen LogP) is 3.93. The summed E-state index contributed by atoms with van der Waals surface area (Å²) in [5.74, 6) is -0.719. The van der Waals surface area contributed by atoms with Crippen molar-refractivity contribution in [1.82, 2.24) is 4.98 Å². The molecule has 1 aliphatic heterocycles. The van der Waals surface area contributed by atoms with Crippen molar-refractivity contribution in [2.45, 2.75) is 46.1 Å².